The molecule has 0 aliphatic heterocycles. The summed E-state index contributed by atoms with van der Waals surface area (Å²) in [6.45, 7) is 1.54. The number of ether oxygens (including phenoxy) is 1. The van der Waals surface area contributed by atoms with Crippen molar-refractivity contribution in [2.45, 2.75) is 13.1 Å². The van der Waals surface area contributed by atoms with Crippen molar-refractivity contribution in [1.82, 2.24) is 0 Å². The van der Waals surface area contributed by atoms with Crippen molar-refractivity contribution in [3.63, 3.8) is 0 Å². The normalized spacial score (nSPS) is 11.7. The van der Waals surface area contributed by atoms with Gasteiger partial charge < -0.3 is 9.15 Å². The third kappa shape index (κ3) is 2.26. The Balaban J connectivity index is 2.88. The van der Waals surface area contributed by atoms with Gasteiger partial charge in [0.1, 0.15) is 5.58 Å². The van der Waals surface area contributed by atoms with Crippen LogP contribution in [0, 0.1) is 6.92 Å². The average Bonchev–Trinajstić information content (AvgIpc) is 2.37. The monoisotopic (exact) mass is 286 g/mol. The minimum Gasteiger partial charge on any atom is -0.465 e. The van der Waals surface area contributed by atoms with Crippen LogP contribution in [0.1, 0.15) is 21.7 Å². The standard InChI is InChI=1S/C13H9F3O4/c1-6-3-4-8-11(10(6)12(18)19-2)7(17)5-9(20-8)13(14,15)16/h3-5H,1-2H3. The second-order valence-electron chi connectivity index (χ2n) is 4.09. The van der Waals surface area contributed by atoms with Crippen LogP contribution in [-0.4, -0.2) is 13.1 Å². The molecule has 1 aromatic heterocycles. The van der Waals surface area contributed by atoms with Crippen LogP contribution in [0.4, 0.5) is 13.2 Å². The van der Waals surface area contributed by atoms with E-state index in [1.807, 2.05) is 0 Å². The summed E-state index contributed by atoms with van der Waals surface area (Å²) in [5.74, 6) is -2.21. The Labute approximate surface area is 110 Å². The zero-order valence-corrected chi connectivity index (χ0v) is 10.5. The molecule has 0 saturated heterocycles. The van der Waals surface area contributed by atoms with Crippen LogP contribution in [0.25, 0.3) is 11.0 Å². The van der Waals surface area contributed by atoms with Crippen molar-refractivity contribution in [1.29, 1.82) is 0 Å². The first kappa shape index (κ1) is 14.1. The molecule has 0 fully saturated rings. The summed E-state index contributed by atoms with van der Waals surface area (Å²) < 4.78 is 46.9. The topological polar surface area (TPSA) is 56.5 Å². The van der Waals surface area contributed by atoms with Crippen LogP contribution >= 0.6 is 0 Å². The molecular formula is C13H9F3O4. The molecule has 0 atom stereocenters. The number of esters is 1. The molecule has 0 aliphatic carbocycles. The first-order chi connectivity index (χ1) is 9.25. The highest BCUT2D eigenvalue weighted by molar-refractivity contribution is 6.04. The van der Waals surface area contributed by atoms with Gasteiger partial charge in [0, 0.05) is 6.07 Å². The number of halogens is 3. The Kier molecular flexibility index (Phi) is 3.29. The summed E-state index contributed by atoms with van der Waals surface area (Å²) in [6, 6.07) is 2.93. The van der Waals surface area contributed by atoms with Gasteiger partial charge in [0.25, 0.3) is 0 Å². The van der Waals surface area contributed by atoms with E-state index in [0.717, 1.165) is 7.11 Å². The number of fused-ring (bicyclic) bond motifs is 1. The first-order valence-corrected chi connectivity index (χ1v) is 5.48. The fraction of sp³-hybridized carbons (Fsp3) is 0.231. The average molecular weight is 286 g/mol. The van der Waals surface area contributed by atoms with Crippen LogP contribution in [-0.2, 0) is 10.9 Å². The molecule has 2 rings (SSSR count). The molecule has 1 heterocycles. The Morgan fingerprint density at radius 1 is 1.30 bits per heavy atom. The van der Waals surface area contributed by atoms with Crippen molar-refractivity contribution in [2.75, 3.05) is 7.11 Å². The number of hydrogen-bond acceptors (Lipinski definition) is 4. The molecular weight excluding hydrogens is 277 g/mol. The number of alkyl halides is 3. The second-order valence-corrected chi connectivity index (χ2v) is 4.09. The van der Waals surface area contributed by atoms with Crippen molar-refractivity contribution in [2.24, 2.45) is 0 Å². The highest BCUT2D eigenvalue weighted by Gasteiger charge is 2.35. The van der Waals surface area contributed by atoms with Crippen LogP contribution in [0.5, 0.6) is 0 Å². The van der Waals surface area contributed by atoms with Gasteiger partial charge in [-0.25, -0.2) is 4.79 Å². The summed E-state index contributed by atoms with van der Waals surface area (Å²) in [5.41, 5.74) is -0.928. The number of hydrogen-bond donors (Lipinski definition) is 0. The molecule has 2 aromatic rings. The lowest BCUT2D eigenvalue weighted by Crippen LogP contribution is -2.15. The Morgan fingerprint density at radius 3 is 2.50 bits per heavy atom. The SMILES string of the molecule is COC(=O)c1c(C)ccc2oc(C(F)(F)F)cc(=O)c12. The maximum atomic E-state index is 12.6. The van der Waals surface area contributed by atoms with Crippen molar-refractivity contribution >= 4 is 16.9 Å². The fourth-order valence-corrected chi connectivity index (χ4v) is 1.86. The zero-order chi connectivity index (χ0) is 15.1. The molecule has 0 unspecified atom stereocenters. The summed E-state index contributed by atoms with van der Waals surface area (Å²) in [4.78, 5) is 23.5. The smallest absolute Gasteiger partial charge is 0.449 e. The molecule has 0 amide bonds. The third-order valence-corrected chi connectivity index (χ3v) is 2.77. The summed E-state index contributed by atoms with van der Waals surface area (Å²) in [5, 5.41) is -0.218. The van der Waals surface area contributed by atoms with E-state index in [4.69, 9.17) is 0 Å². The first-order valence-electron chi connectivity index (χ1n) is 5.48. The summed E-state index contributed by atoms with van der Waals surface area (Å²) in [7, 11) is 1.12. The highest BCUT2D eigenvalue weighted by atomic mass is 19.4. The number of carbonyl (C=O) groups is 1. The van der Waals surface area contributed by atoms with E-state index < -0.39 is 23.3 Å². The van der Waals surface area contributed by atoms with Gasteiger partial charge in [0.05, 0.1) is 18.1 Å². The predicted octanol–water partition coefficient (Wildman–Crippen LogP) is 2.91. The lowest BCUT2D eigenvalue weighted by Gasteiger charge is -2.10. The predicted molar refractivity (Wildman–Crippen MR) is 63.6 cm³/mol. The van der Waals surface area contributed by atoms with Crippen LogP contribution in [0.3, 0.4) is 0 Å². The van der Waals surface area contributed by atoms with Gasteiger partial charge in [-0.2, -0.15) is 13.2 Å². The fourth-order valence-electron chi connectivity index (χ4n) is 1.86. The molecule has 1 aromatic carbocycles. The number of aryl methyl sites for hydroxylation is 1. The molecule has 0 N–H and O–H groups in total. The number of rotatable bonds is 1. The van der Waals surface area contributed by atoms with Gasteiger partial charge in [0.2, 0.25) is 5.76 Å². The van der Waals surface area contributed by atoms with Gasteiger partial charge >= 0.3 is 12.1 Å². The highest BCUT2D eigenvalue weighted by Crippen LogP contribution is 2.31. The van der Waals surface area contributed by atoms with E-state index in [1.54, 1.807) is 6.92 Å². The van der Waals surface area contributed by atoms with Gasteiger partial charge in [-0.05, 0) is 18.6 Å². The molecule has 4 nitrogen and oxygen atoms in total. The summed E-state index contributed by atoms with van der Waals surface area (Å²) in [6.07, 6.45) is -4.77. The van der Waals surface area contributed by atoms with Gasteiger partial charge in [0.15, 0.2) is 5.43 Å². The largest absolute Gasteiger partial charge is 0.465 e. The molecule has 0 spiro atoms. The molecule has 106 valence electrons. The third-order valence-electron chi connectivity index (χ3n) is 2.77. The van der Waals surface area contributed by atoms with E-state index in [9.17, 15) is 22.8 Å². The van der Waals surface area contributed by atoms with Gasteiger partial charge in [-0.3, -0.25) is 4.79 Å². The quantitative estimate of drug-likeness (QED) is 0.756. The molecule has 0 saturated carbocycles. The lowest BCUT2D eigenvalue weighted by molar-refractivity contribution is -0.152. The Hall–Kier alpha value is -2.31. The van der Waals surface area contributed by atoms with Crippen molar-refractivity contribution in [3.8, 4) is 0 Å². The second kappa shape index (κ2) is 4.66. The van der Waals surface area contributed by atoms with Crippen molar-refractivity contribution in [3.05, 3.63) is 45.3 Å². The Bertz CT molecular complexity index is 744. The summed E-state index contributed by atoms with van der Waals surface area (Å²) >= 11 is 0. The minimum atomic E-state index is -4.77. The number of benzene rings is 1. The minimum absolute atomic E-state index is 0.0903. The van der Waals surface area contributed by atoms with E-state index in [-0.39, 0.29) is 16.5 Å². The molecule has 0 bridgehead atoms. The van der Waals surface area contributed by atoms with Crippen LogP contribution in [0.15, 0.2) is 27.4 Å². The van der Waals surface area contributed by atoms with Gasteiger partial charge in [-0.15, -0.1) is 0 Å². The van der Waals surface area contributed by atoms with Crippen LogP contribution in [0.2, 0.25) is 0 Å². The van der Waals surface area contributed by atoms with Gasteiger partial charge in [-0.1, -0.05) is 6.07 Å². The Morgan fingerprint density at radius 2 is 1.95 bits per heavy atom. The number of methoxy groups -OCH3 is 1. The number of carbonyl (C=O) groups excluding carboxylic acids is 1. The molecule has 0 aliphatic rings. The van der Waals surface area contributed by atoms with Crippen LogP contribution < -0.4 is 5.43 Å². The molecule has 0 radical (unpaired) electrons. The maximum Gasteiger partial charge on any atom is 0.449 e. The van der Waals surface area contributed by atoms with E-state index >= 15 is 0 Å². The van der Waals surface area contributed by atoms with E-state index in [1.165, 1.54) is 12.1 Å². The van der Waals surface area contributed by atoms with E-state index in [0.29, 0.717) is 11.6 Å². The molecule has 7 heteroatoms. The van der Waals surface area contributed by atoms with E-state index in [2.05, 4.69) is 9.15 Å². The zero-order valence-electron chi connectivity index (χ0n) is 10.5. The maximum absolute atomic E-state index is 12.6. The molecule has 20 heavy (non-hydrogen) atoms. The lowest BCUT2D eigenvalue weighted by atomic mass is 10.0. The van der Waals surface area contributed by atoms with Crippen molar-refractivity contribution < 1.29 is 27.1 Å².